The Morgan fingerprint density at radius 3 is 2.73 bits per heavy atom. The first kappa shape index (κ1) is 10.5. The molecular formula is C15H20. The summed E-state index contributed by atoms with van der Waals surface area (Å²) in [6.07, 6.45) is 9.13. The maximum Gasteiger partial charge on any atom is 0.00236 e. The first-order valence-corrected chi connectivity index (χ1v) is 6.14. The lowest BCUT2D eigenvalue weighted by Crippen LogP contribution is -1.88. The van der Waals surface area contributed by atoms with Crippen LogP contribution in [0.15, 0.2) is 42.0 Å². The van der Waals surface area contributed by atoms with Gasteiger partial charge in [0.05, 0.1) is 0 Å². The smallest absolute Gasteiger partial charge is 0.00236 e. The number of hydrogen-bond acceptors (Lipinski definition) is 0. The normalized spacial score (nSPS) is 20.3. The van der Waals surface area contributed by atoms with Crippen LogP contribution in [-0.2, 0) is 0 Å². The third-order valence-corrected chi connectivity index (χ3v) is 3.29. The van der Waals surface area contributed by atoms with Crippen LogP contribution < -0.4 is 0 Å². The molecule has 1 aromatic carbocycles. The van der Waals surface area contributed by atoms with Gasteiger partial charge in [0.2, 0.25) is 0 Å². The highest BCUT2D eigenvalue weighted by Crippen LogP contribution is 2.34. The van der Waals surface area contributed by atoms with Gasteiger partial charge in [0.25, 0.3) is 0 Å². The van der Waals surface area contributed by atoms with Crippen LogP contribution in [0.2, 0.25) is 0 Å². The molecular weight excluding hydrogens is 180 g/mol. The Labute approximate surface area is 93.0 Å². The molecule has 0 amide bonds. The number of benzene rings is 1. The van der Waals surface area contributed by atoms with Crippen molar-refractivity contribution in [1.82, 2.24) is 0 Å². The molecule has 1 aliphatic rings. The van der Waals surface area contributed by atoms with Gasteiger partial charge >= 0.3 is 0 Å². The van der Waals surface area contributed by atoms with E-state index >= 15 is 0 Å². The second-order valence-electron chi connectivity index (χ2n) is 4.48. The molecule has 1 atom stereocenters. The van der Waals surface area contributed by atoms with E-state index in [2.05, 4.69) is 43.3 Å². The van der Waals surface area contributed by atoms with Crippen LogP contribution in [0.1, 0.15) is 50.5 Å². The lowest BCUT2D eigenvalue weighted by Gasteiger charge is -2.05. The third kappa shape index (κ3) is 2.71. The van der Waals surface area contributed by atoms with Crippen LogP contribution in [0.3, 0.4) is 0 Å². The lowest BCUT2D eigenvalue weighted by atomic mass is 9.99. The molecule has 0 N–H and O–H groups in total. The fourth-order valence-corrected chi connectivity index (χ4v) is 2.37. The largest absolute Gasteiger partial charge is 0.0778 e. The fraction of sp³-hybridized carbons (Fsp3) is 0.467. The second kappa shape index (κ2) is 5.16. The maximum absolute atomic E-state index is 2.50. The molecule has 0 aliphatic heterocycles. The van der Waals surface area contributed by atoms with Crippen molar-refractivity contribution >= 4 is 0 Å². The lowest BCUT2D eigenvalue weighted by molar-refractivity contribution is 0.744. The van der Waals surface area contributed by atoms with Gasteiger partial charge in [0, 0.05) is 5.92 Å². The zero-order valence-electron chi connectivity index (χ0n) is 9.58. The highest BCUT2D eigenvalue weighted by molar-refractivity contribution is 5.28. The van der Waals surface area contributed by atoms with Gasteiger partial charge in [0.15, 0.2) is 0 Å². The summed E-state index contributed by atoms with van der Waals surface area (Å²) in [5.74, 6) is 0.693. The van der Waals surface area contributed by atoms with Crippen molar-refractivity contribution in [2.24, 2.45) is 0 Å². The average molecular weight is 200 g/mol. The number of unbranched alkanes of at least 4 members (excludes halogenated alkanes) is 1. The molecule has 1 aromatic rings. The van der Waals surface area contributed by atoms with E-state index in [4.69, 9.17) is 0 Å². The van der Waals surface area contributed by atoms with Gasteiger partial charge in [-0.05, 0) is 31.2 Å². The third-order valence-electron chi connectivity index (χ3n) is 3.29. The van der Waals surface area contributed by atoms with Gasteiger partial charge < -0.3 is 0 Å². The summed E-state index contributed by atoms with van der Waals surface area (Å²) in [5, 5.41) is 0. The van der Waals surface area contributed by atoms with Crippen LogP contribution in [0, 0.1) is 0 Å². The van der Waals surface area contributed by atoms with Gasteiger partial charge in [-0.25, -0.2) is 0 Å². The maximum atomic E-state index is 2.50. The number of allylic oxidation sites excluding steroid dienone is 2. The molecule has 2 rings (SSSR count). The molecule has 0 heterocycles. The van der Waals surface area contributed by atoms with E-state index in [1.54, 1.807) is 5.57 Å². The predicted octanol–water partition coefficient (Wildman–Crippen LogP) is 4.68. The van der Waals surface area contributed by atoms with Crippen molar-refractivity contribution in [3.63, 3.8) is 0 Å². The van der Waals surface area contributed by atoms with E-state index in [-0.39, 0.29) is 0 Å². The molecule has 1 unspecified atom stereocenters. The minimum absolute atomic E-state index is 0.693. The zero-order chi connectivity index (χ0) is 10.5. The standard InChI is InChI=1S/C15H20/c1-2-3-7-13-10-11-15(12-13)14-8-5-4-6-9-14/h4-6,8-9,12,15H,2-3,7,10-11H2,1H3. The van der Waals surface area contributed by atoms with Crippen LogP contribution in [0.5, 0.6) is 0 Å². The molecule has 0 saturated heterocycles. The van der Waals surface area contributed by atoms with E-state index in [1.807, 2.05) is 0 Å². The molecule has 0 aromatic heterocycles. The molecule has 0 fully saturated rings. The molecule has 0 radical (unpaired) electrons. The van der Waals surface area contributed by atoms with Gasteiger partial charge in [-0.1, -0.05) is 55.3 Å². The molecule has 0 bridgehead atoms. The minimum Gasteiger partial charge on any atom is -0.0778 e. The van der Waals surface area contributed by atoms with Crippen LogP contribution in [0.4, 0.5) is 0 Å². The molecule has 0 spiro atoms. The molecule has 80 valence electrons. The Balaban J connectivity index is 1.99. The summed E-state index contributed by atoms with van der Waals surface area (Å²) in [6.45, 7) is 2.27. The molecule has 0 heteroatoms. The van der Waals surface area contributed by atoms with E-state index < -0.39 is 0 Å². The summed E-state index contributed by atoms with van der Waals surface area (Å²) in [7, 11) is 0. The Bertz CT molecular complexity index is 321. The summed E-state index contributed by atoms with van der Waals surface area (Å²) < 4.78 is 0. The fourth-order valence-electron chi connectivity index (χ4n) is 2.37. The Morgan fingerprint density at radius 2 is 2.00 bits per heavy atom. The van der Waals surface area contributed by atoms with E-state index in [0.29, 0.717) is 5.92 Å². The molecule has 1 aliphatic carbocycles. The van der Waals surface area contributed by atoms with Crippen LogP contribution in [0.25, 0.3) is 0 Å². The SMILES string of the molecule is CCCCC1=CC(c2ccccc2)CC1. The number of rotatable bonds is 4. The Kier molecular flexibility index (Phi) is 3.60. The molecule has 0 saturated carbocycles. The first-order chi connectivity index (χ1) is 7.40. The molecule has 15 heavy (non-hydrogen) atoms. The highest BCUT2D eigenvalue weighted by atomic mass is 14.2. The summed E-state index contributed by atoms with van der Waals surface area (Å²) in [4.78, 5) is 0. The highest BCUT2D eigenvalue weighted by Gasteiger charge is 2.16. The van der Waals surface area contributed by atoms with Crippen molar-refractivity contribution in [1.29, 1.82) is 0 Å². The zero-order valence-corrected chi connectivity index (χ0v) is 9.58. The summed E-state index contributed by atoms with van der Waals surface area (Å²) >= 11 is 0. The van der Waals surface area contributed by atoms with Crippen molar-refractivity contribution < 1.29 is 0 Å². The Morgan fingerprint density at radius 1 is 1.20 bits per heavy atom. The van der Waals surface area contributed by atoms with E-state index in [0.717, 1.165) is 0 Å². The van der Waals surface area contributed by atoms with Crippen LogP contribution >= 0.6 is 0 Å². The van der Waals surface area contributed by atoms with E-state index in [1.165, 1.54) is 37.7 Å². The van der Waals surface area contributed by atoms with Crippen molar-refractivity contribution in [3.8, 4) is 0 Å². The second-order valence-corrected chi connectivity index (χ2v) is 4.48. The summed E-state index contributed by atoms with van der Waals surface area (Å²) in [6, 6.07) is 10.9. The van der Waals surface area contributed by atoms with Crippen molar-refractivity contribution in [2.45, 2.75) is 44.9 Å². The minimum atomic E-state index is 0.693. The predicted molar refractivity (Wildman–Crippen MR) is 66.0 cm³/mol. The molecule has 0 nitrogen and oxygen atoms in total. The average Bonchev–Trinajstić information content (AvgIpc) is 2.76. The van der Waals surface area contributed by atoms with E-state index in [9.17, 15) is 0 Å². The van der Waals surface area contributed by atoms with Crippen molar-refractivity contribution in [2.75, 3.05) is 0 Å². The quantitative estimate of drug-likeness (QED) is 0.619. The topological polar surface area (TPSA) is 0 Å². The van der Waals surface area contributed by atoms with Gasteiger partial charge in [-0.3, -0.25) is 0 Å². The van der Waals surface area contributed by atoms with Gasteiger partial charge in [-0.15, -0.1) is 0 Å². The van der Waals surface area contributed by atoms with Gasteiger partial charge in [-0.2, -0.15) is 0 Å². The van der Waals surface area contributed by atoms with Gasteiger partial charge in [0.1, 0.15) is 0 Å². The number of hydrogen-bond donors (Lipinski definition) is 0. The van der Waals surface area contributed by atoms with Crippen LogP contribution in [-0.4, -0.2) is 0 Å². The van der Waals surface area contributed by atoms with Crippen molar-refractivity contribution in [3.05, 3.63) is 47.5 Å². The first-order valence-electron chi connectivity index (χ1n) is 6.14. The summed E-state index contributed by atoms with van der Waals surface area (Å²) in [5.41, 5.74) is 3.18. The Hall–Kier alpha value is -1.04. The monoisotopic (exact) mass is 200 g/mol.